The number of primary amides is 2. The van der Waals surface area contributed by atoms with E-state index in [1.165, 1.54) is 0 Å². The lowest BCUT2D eigenvalue weighted by atomic mass is 10.0. The van der Waals surface area contributed by atoms with Crippen LogP contribution in [-0.4, -0.2) is 11.8 Å². The smallest absolute Gasteiger partial charge is 0.249 e. The average molecular weight is 190 g/mol. The zero-order valence-electron chi connectivity index (χ0n) is 7.54. The van der Waals surface area contributed by atoms with Gasteiger partial charge in [0.05, 0.1) is 0 Å². The first-order chi connectivity index (χ1) is 6.61. The van der Waals surface area contributed by atoms with Crippen LogP contribution < -0.4 is 11.5 Å². The van der Waals surface area contributed by atoms with Crippen molar-refractivity contribution in [2.45, 2.75) is 12.8 Å². The molecule has 14 heavy (non-hydrogen) atoms. The molecule has 4 heteroatoms. The predicted octanol–water partition coefficient (Wildman–Crippen LogP) is -0.0170. The molecule has 72 valence electrons. The van der Waals surface area contributed by atoms with Crippen molar-refractivity contribution in [1.82, 2.24) is 0 Å². The highest BCUT2D eigenvalue weighted by molar-refractivity contribution is 6.02. The van der Waals surface area contributed by atoms with E-state index < -0.39 is 11.8 Å². The van der Waals surface area contributed by atoms with Gasteiger partial charge in [0.25, 0.3) is 0 Å². The number of hydrogen-bond acceptors (Lipinski definition) is 2. The topological polar surface area (TPSA) is 86.2 Å². The van der Waals surface area contributed by atoms with E-state index in [2.05, 4.69) is 0 Å². The van der Waals surface area contributed by atoms with Crippen molar-refractivity contribution in [3.05, 3.63) is 34.4 Å². The fourth-order valence-electron chi connectivity index (χ4n) is 1.96. The highest BCUT2D eigenvalue weighted by atomic mass is 16.1. The summed E-state index contributed by atoms with van der Waals surface area (Å²) in [6, 6.07) is 3.41. The fourth-order valence-corrected chi connectivity index (χ4v) is 1.96. The van der Waals surface area contributed by atoms with Gasteiger partial charge >= 0.3 is 0 Å². The Hall–Kier alpha value is -1.84. The van der Waals surface area contributed by atoms with Crippen LogP contribution >= 0.6 is 0 Å². The van der Waals surface area contributed by atoms with E-state index in [1.54, 1.807) is 12.1 Å². The molecule has 2 amide bonds. The van der Waals surface area contributed by atoms with E-state index in [1.807, 2.05) is 0 Å². The van der Waals surface area contributed by atoms with Gasteiger partial charge in [-0.05, 0) is 30.0 Å². The lowest BCUT2D eigenvalue weighted by Crippen LogP contribution is -2.18. The number of rotatable bonds is 2. The molecule has 4 N–H and O–H groups in total. The highest BCUT2D eigenvalue weighted by Gasteiger charge is 2.24. The SMILES string of the molecule is NC(=O)c1ccc2c(C(N)=O)c1CC2. The van der Waals surface area contributed by atoms with Gasteiger partial charge < -0.3 is 11.5 Å². The molecule has 0 atom stereocenters. The Balaban J connectivity index is 2.68. The van der Waals surface area contributed by atoms with E-state index in [0.29, 0.717) is 23.1 Å². The van der Waals surface area contributed by atoms with Crippen molar-refractivity contribution in [2.24, 2.45) is 11.5 Å². The van der Waals surface area contributed by atoms with Gasteiger partial charge in [-0.2, -0.15) is 0 Å². The lowest BCUT2D eigenvalue weighted by molar-refractivity contribution is 0.0998. The minimum absolute atomic E-state index is 0.417. The molecule has 0 saturated carbocycles. The van der Waals surface area contributed by atoms with Crippen LogP contribution in [0.1, 0.15) is 31.8 Å². The Kier molecular flexibility index (Phi) is 1.77. The summed E-state index contributed by atoms with van der Waals surface area (Å²) in [5.74, 6) is -0.980. The fraction of sp³-hybridized carbons (Fsp3) is 0.200. The van der Waals surface area contributed by atoms with Crippen LogP contribution in [0, 0.1) is 0 Å². The molecule has 1 aromatic rings. The standard InChI is InChI=1S/C10H10N2O2/c11-9(13)7-4-2-5-1-3-6(7)8(5)10(12)14/h2,4H,1,3H2,(H2,11,13)(H2,12,14). The average Bonchev–Trinajstić information content (AvgIpc) is 2.40. The van der Waals surface area contributed by atoms with Gasteiger partial charge in [-0.15, -0.1) is 0 Å². The van der Waals surface area contributed by atoms with Crippen LogP contribution in [0.25, 0.3) is 0 Å². The van der Waals surface area contributed by atoms with Gasteiger partial charge in [0.15, 0.2) is 0 Å². The predicted molar refractivity (Wildman–Crippen MR) is 50.9 cm³/mol. The first kappa shape index (κ1) is 8.74. The molecule has 0 saturated heterocycles. The van der Waals surface area contributed by atoms with Crippen LogP contribution in [-0.2, 0) is 12.8 Å². The summed E-state index contributed by atoms with van der Waals surface area (Å²) in [6.07, 6.45) is 1.44. The number of nitrogens with two attached hydrogens (primary N) is 2. The molecular weight excluding hydrogens is 180 g/mol. The molecule has 1 aliphatic carbocycles. The van der Waals surface area contributed by atoms with Gasteiger partial charge in [-0.3, -0.25) is 9.59 Å². The normalized spacial score (nSPS) is 12.9. The summed E-state index contributed by atoms with van der Waals surface area (Å²) < 4.78 is 0. The van der Waals surface area contributed by atoms with Crippen LogP contribution in [0.4, 0.5) is 0 Å². The molecule has 0 radical (unpaired) electrons. The first-order valence-electron chi connectivity index (χ1n) is 4.35. The maximum absolute atomic E-state index is 11.1. The van der Waals surface area contributed by atoms with Crippen molar-refractivity contribution < 1.29 is 9.59 Å². The highest BCUT2D eigenvalue weighted by Crippen LogP contribution is 2.27. The number of carbonyl (C=O) groups is 2. The first-order valence-corrected chi connectivity index (χ1v) is 4.35. The molecule has 0 aliphatic heterocycles. The van der Waals surface area contributed by atoms with Gasteiger partial charge in [0.2, 0.25) is 11.8 Å². The van der Waals surface area contributed by atoms with E-state index in [9.17, 15) is 9.59 Å². The number of carbonyl (C=O) groups excluding carboxylic acids is 2. The van der Waals surface area contributed by atoms with E-state index >= 15 is 0 Å². The molecule has 2 rings (SSSR count). The number of benzene rings is 1. The Morgan fingerprint density at radius 2 is 1.79 bits per heavy atom. The molecule has 1 aromatic carbocycles. The van der Waals surface area contributed by atoms with Crippen LogP contribution in [0.15, 0.2) is 12.1 Å². The summed E-state index contributed by atoms with van der Waals surface area (Å²) in [4.78, 5) is 22.2. The van der Waals surface area contributed by atoms with Crippen LogP contribution in [0.2, 0.25) is 0 Å². The summed E-state index contributed by atoms with van der Waals surface area (Å²) in [5.41, 5.74) is 13.0. The maximum Gasteiger partial charge on any atom is 0.249 e. The maximum atomic E-state index is 11.1. The minimum Gasteiger partial charge on any atom is -0.366 e. The van der Waals surface area contributed by atoms with Crippen LogP contribution in [0.5, 0.6) is 0 Å². The third-order valence-corrected chi connectivity index (χ3v) is 2.56. The molecule has 2 bridgehead atoms. The Labute approximate surface area is 80.9 Å². The van der Waals surface area contributed by atoms with E-state index in [-0.39, 0.29) is 0 Å². The number of hydrogen-bond donors (Lipinski definition) is 2. The summed E-state index contributed by atoms with van der Waals surface area (Å²) in [5, 5.41) is 0. The molecule has 0 aromatic heterocycles. The van der Waals surface area contributed by atoms with Crippen LogP contribution in [0.3, 0.4) is 0 Å². The lowest BCUT2D eigenvalue weighted by Gasteiger charge is -2.04. The quantitative estimate of drug-likeness (QED) is 0.686. The van der Waals surface area contributed by atoms with Gasteiger partial charge in [0.1, 0.15) is 0 Å². The molecular formula is C10H10N2O2. The van der Waals surface area contributed by atoms with Crippen molar-refractivity contribution in [1.29, 1.82) is 0 Å². The second-order valence-electron chi connectivity index (χ2n) is 3.35. The number of amides is 2. The summed E-state index contributed by atoms with van der Waals surface area (Å²) in [6.45, 7) is 0. The largest absolute Gasteiger partial charge is 0.366 e. The minimum atomic E-state index is -0.504. The zero-order valence-corrected chi connectivity index (χ0v) is 7.54. The summed E-state index contributed by atoms with van der Waals surface area (Å²) >= 11 is 0. The van der Waals surface area contributed by atoms with E-state index in [4.69, 9.17) is 11.5 Å². The van der Waals surface area contributed by atoms with Crippen molar-refractivity contribution in [3.8, 4) is 0 Å². The monoisotopic (exact) mass is 190 g/mol. The van der Waals surface area contributed by atoms with Crippen molar-refractivity contribution in [3.63, 3.8) is 0 Å². The molecule has 4 nitrogen and oxygen atoms in total. The van der Waals surface area contributed by atoms with Gasteiger partial charge in [-0.25, -0.2) is 0 Å². The van der Waals surface area contributed by atoms with Gasteiger partial charge in [-0.1, -0.05) is 6.07 Å². The number of aryl methyl sites for hydroxylation is 1. The van der Waals surface area contributed by atoms with Gasteiger partial charge in [0, 0.05) is 11.1 Å². The molecule has 0 heterocycles. The second-order valence-corrected chi connectivity index (χ2v) is 3.35. The second kappa shape index (κ2) is 2.83. The molecule has 1 aliphatic rings. The third-order valence-electron chi connectivity index (χ3n) is 2.56. The Bertz CT molecular complexity index is 438. The molecule has 0 fully saturated rings. The Morgan fingerprint density at radius 1 is 1.07 bits per heavy atom. The molecule has 0 spiro atoms. The number of fused-ring (bicyclic) bond motifs is 2. The molecule has 0 unspecified atom stereocenters. The zero-order chi connectivity index (χ0) is 10.3. The van der Waals surface area contributed by atoms with Crippen molar-refractivity contribution >= 4 is 11.8 Å². The summed E-state index contributed by atoms with van der Waals surface area (Å²) in [7, 11) is 0. The Morgan fingerprint density at radius 3 is 2.36 bits per heavy atom. The van der Waals surface area contributed by atoms with Crippen molar-refractivity contribution in [2.75, 3.05) is 0 Å². The van der Waals surface area contributed by atoms with E-state index in [0.717, 1.165) is 12.0 Å². The third kappa shape index (κ3) is 1.08.